The van der Waals surface area contributed by atoms with Gasteiger partial charge in [-0.05, 0) is 25.7 Å². The Kier molecular flexibility index (Phi) is 3.08. The van der Waals surface area contributed by atoms with Crippen molar-refractivity contribution in [3.8, 4) is 0 Å². The van der Waals surface area contributed by atoms with E-state index in [1.165, 1.54) is 12.7 Å². The van der Waals surface area contributed by atoms with Gasteiger partial charge in [-0.25, -0.2) is 4.99 Å². The normalized spacial score (nSPS) is 17.4. The molecule has 0 radical (unpaired) electrons. The lowest BCUT2D eigenvalue weighted by Gasteiger charge is -2.13. The molecule has 0 spiro atoms. The second kappa shape index (κ2) is 4.70. The van der Waals surface area contributed by atoms with Crippen molar-refractivity contribution >= 4 is 11.9 Å². The van der Waals surface area contributed by atoms with Crippen LogP contribution in [0.5, 0.6) is 0 Å². The number of hydrogen-bond donors (Lipinski definition) is 2. The van der Waals surface area contributed by atoms with Crippen LogP contribution in [0.2, 0.25) is 0 Å². The van der Waals surface area contributed by atoms with Gasteiger partial charge in [0.05, 0.1) is 5.70 Å². The Morgan fingerprint density at radius 3 is 3.07 bits per heavy atom. The van der Waals surface area contributed by atoms with Gasteiger partial charge < -0.3 is 4.52 Å². The summed E-state index contributed by atoms with van der Waals surface area (Å²) in [6.45, 7) is 0. The second-order valence-electron chi connectivity index (χ2n) is 3.27. The van der Waals surface area contributed by atoms with E-state index in [0.29, 0.717) is 5.89 Å². The number of nitrogens with zero attached hydrogens (tertiary/aromatic N) is 3. The van der Waals surface area contributed by atoms with Crippen molar-refractivity contribution in [2.24, 2.45) is 4.99 Å². The maximum atomic E-state index is 8.44. The number of rotatable bonds is 3. The lowest BCUT2D eigenvalue weighted by Crippen LogP contribution is -2.04. The third kappa shape index (κ3) is 2.21. The summed E-state index contributed by atoms with van der Waals surface area (Å²) in [6.07, 6.45) is 6.58. The number of hydrogen-bond acceptors (Lipinski definition) is 5. The number of allylic oxidation sites excluding steroid dienone is 2. The molecule has 0 aromatic carbocycles. The van der Waals surface area contributed by atoms with Crippen molar-refractivity contribution in [3.63, 3.8) is 0 Å². The summed E-state index contributed by atoms with van der Waals surface area (Å²) < 4.78 is 5.01. The number of nitrogens with one attached hydrogen (secondary N) is 1. The van der Waals surface area contributed by atoms with Gasteiger partial charge in [0.2, 0.25) is 0 Å². The van der Waals surface area contributed by atoms with Crippen molar-refractivity contribution in [2.45, 2.75) is 25.7 Å². The maximum absolute atomic E-state index is 8.44. The van der Waals surface area contributed by atoms with Gasteiger partial charge in [-0.15, -0.1) is 0 Å². The van der Waals surface area contributed by atoms with Gasteiger partial charge >= 0.3 is 0 Å². The second-order valence-corrected chi connectivity index (χ2v) is 3.27. The quantitative estimate of drug-likeness (QED) is 0.445. The fourth-order valence-corrected chi connectivity index (χ4v) is 1.68. The van der Waals surface area contributed by atoms with E-state index in [4.69, 9.17) is 9.73 Å². The van der Waals surface area contributed by atoms with Crippen LogP contribution in [0, 0.1) is 0 Å². The highest BCUT2D eigenvalue weighted by atomic mass is 16.5. The van der Waals surface area contributed by atoms with E-state index < -0.39 is 0 Å². The summed E-state index contributed by atoms with van der Waals surface area (Å²) in [5.41, 5.74) is 3.76. The molecular formula is C9H12N4O2. The Morgan fingerprint density at radius 2 is 2.33 bits per heavy atom. The summed E-state index contributed by atoms with van der Waals surface area (Å²) in [4.78, 5) is 8.11. The minimum Gasteiger partial charge on any atom is -0.335 e. The molecule has 15 heavy (non-hydrogen) atoms. The molecule has 1 aromatic rings. The maximum Gasteiger partial charge on any atom is 0.255 e. The Labute approximate surface area is 86.7 Å². The van der Waals surface area contributed by atoms with Gasteiger partial charge in [0.15, 0.2) is 6.33 Å². The van der Waals surface area contributed by atoms with E-state index in [0.717, 1.165) is 37.0 Å². The first-order valence-electron chi connectivity index (χ1n) is 4.83. The highest BCUT2D eigenvalue weighted by Crippen LogP contribution is 2.31. The molecular weight excluding hydrogens is 196 g/mol. The number of aromatic nitrogens is 2. The van der Waals surface area contributed by atoms with E-state index in [9.17, 15) is 0 Å². The summed E-state index contributed by atoms with van der Waals surface area (Å²) >= 11 is 0. The van der Waals surface area contributed by atoms with Crippen LogP contribution >= 0.6 is 0 Å². The van der Waals surface area contributed by atoms with Crippen molar-refractivity contribution in [1.82, 2.24) is 15.6 Å². The number of aliphatic imine (C=N–C) groups is 1. The Hall–Kier alpha value is -1.69. The molecule has 80 valence electrons. The molecule has 0 saturated heterocycles. The van der Waals surface area contributed by atoms with E-state index in [2.05, 4.69) is 15.1 Å². The SMILES string of the molecule is ONC=NC1=C(c2ncno2)CCCC1. The average molecular weight is 208 g/mol. The molecule has 2 N–H and O–H groups in total. The fraction of sp³-hybridized carbons (Fsp3) is 0.444. The van der Waals surface area contributed by atoms with Crippen LogP contribution in [0.1, 0.15) is 31.6 Å². The molecule has 1 aromatic heterocycles. The van der Waals surface area contributed by atoms with Crippen LogP contribution in [0.25, 0.3) is 5.57 Å². The molecule has 0 saturated carbocycles. The largest absolute Gasteiger partial charge is 0.335 e. The Balaban J connectivity index is 2.30. The minimum atomic E-state index is 0.528. The van der Waals surface area contributed by atoms with Crippen LogP contribution in [-0.4, -0.2) is 21.7 Å². The van der Waals surface area contributed by atoms with Gasteiger partial charge in [0, 0.05) is 5.57 Å². The van der Waals surface area contributed by atoms with Crippen molar-refractivity contribution in [2.75, 3.05) is 0 Å². The van der Waals surface area contributed by atoms with Crippen LogP contribution in [0.3, 0.4) is 0 Å². The zero-order valence-corrected chi connectivity index (χ0v) is 8.18. The van der Waals surface area contributed by atoms with Gasteiger partial charge in [-0.2, -0.15) is 4.98 Å². The average Bonchev–Trinajstić information content (AvgIpc) is 2.80. The summed E-state index contributed by atoms with van der Waals surface area (Å²) in [7, 11) is 0. The fourth-order valence-electron chi connectivity index (χ4n) is 1.68. The molecule has 1 aliphatic rings. The molecule has 2 rings (SSSR count). The van der Waals surface area contributed by atoms with Crippen molar-refractivity contribution < 1.29 is 9.73 Å². The van der Waals surface area contributed by atoms with Gasteiger partial charge in [0.1, 0.15) is 6.34 Å². The van der Waals surface area contributed by atoms with Crippen molar-refractivity contribution in [1.29, 1.82) is 0 Å². The molecule has 0 bridgehead atoms. The summed E-state index contributed by atoms with van der Waals surface area (Å²) in [5, 5.41) is 12.0. The smallest absolute Gasteiger partial charge is 0.255 e. The minimum absolute atomic E-state index is 0.528. The first-order valence-corrected chi connectivity index (χ1v) is 4.83. The third-order valence-electron chi connectivity index (χ3n) is 2.34. The van der Waals surface area contributed by atoms with Crippen molar-refractivity contribution in [3.05, 3.63) is 17.9 Å². The molecule has 1 aliphatic carbocycles. The standard InChI is InChI=1S/C9H12N4O2/c14-12-5-10-8-4-2-1-3-7(8)9-11-6-13-15-9/h5-6,14H,1-4H2,(H,10,12). The number of hydroxylamine groups is 1. The molecule has 1 heterocycles. The first-order chi connectivity index (χ1) is 7.42. The molecule has 6 heteroatoms. The molecule has 0 fully saturated rings. The van der Waals surface area contributed by atoms with E-state index in [1.807, 2.05) is 5.48 Å². The zero-order valence-electron chi connectivity index (χ0n) is 8.18. The topological polar surface area (TPSA) is 83.5 Å². The predicted octanol–water partition coefficient (Wildman–Crippen LogP) is 1.36. The first kappa shape index (κ1) is 9.85. The molecule has 0 unspecified atom stereocenters. The lowest BCUT2D eigenvalue weighted by atomic mass is 9.96. The molecule has 0 atom stereocenters. The van der Waals surface area contributed by atoms with Crippen LogP contribution < -0.4 is 5.48 Å². The highest BCUT2D eigenvalue weighted by molar-refractivity contribution is 5.66. The van der Waals surface area contributed by atoms with Crippen LogP contribution in [0.4, 0.5) is 0 Å². The summed E-state index contributed by atoms with van der Waals surface area (Å²) in [6, 6.07) is 0. The van der Waals surface area contributed by atoms with E-state index in [1.54, 1.807) is 0 Å². The Bertz CT molecular complexity index is 369. The third-order valence-corrected chi connectivity index (χ3v) is 2.34. The van der Waals surface area contributed by atoms with Crippen LogP contribution in [0.15, 0.2) is 21.5 Å². The lowest BCUT2D eigenvalue weighted by molar-refractivity contribution is 0.239. The Morgan fingerprint density at radius 1 is 1.47 bits per heavy atom. The van der Waals surface area contributed by atoms with E-state index in [-0.39, 0.29) is 0 Å². The van der Waals surface area contributed by atoms with Gasteiger partial charge in [0.25, 0.3) is 5.89 Å². The van der Waals surface area contributed by atoms with E-state index >= 15 is 0 Å². The predicted molar refractivity (Wildman–Crippen MR) is 53.1 cm³/mol. The monoisotopic (exact) mass is 208 g/mol. The van der Waals surface area contributed by atoms with Crippen LogP contribution in [-0.2, 0) is 0 Å². The highest BCUT2D eigenvalue weighted by Gasteiger charge is 2.17. The zero-order chi connectivity index (χ0) is 10.5. The molecule has 0 aliphatic heterocycles. The molecule has 0 amide bonds. The molecule has 6 nitrogen and oxygen atoms in total. The summed E-state index contributed by atoms with van der Waals surface area (Å²) in [5.74, 6) is 0.528. The van der Waals surface area contributed by atoms with Gasteiger partial charge in [-0.3, -0.25) is 10.7 Å². The van der Waals surface area contributed by atoms with Gasteiger partial charge in [-0.1, -0.05) is 5.16 Å².